The Morgan fingerprint density at radius 2 is 1.14 bits per heavy atom. The molecule has 0 amide bonds. The van der Waals surface area contributed by atoms with E-state index in [1.54, 1.807) is 0 Å². The fourth-order valence-electron chi connectivity index (χ4n) is 3.77. The van der Waals surface area contributed by atoms with E-state index in [2.05, 4.69) is 32.6 Å². The van der Waals surface area contributed by atoms with Crippen LogP contribution >= 0.6 is 0 Å². The average molecular weight is 296 g/mol. The summed E-state index contributed by atoms with van der Waals surface area (Å²) in [7, 11) is 0. The van der Waals surface area contributed by atoms with E-state index in [1.165, 1.54) is 83.7 Å². The lowest BCUT2D eigenvalue weighted by Crippen LogP contribution is -2.33. The summed E-state index contributed by atoms with van der Waals surface area (Å²) in [6, 6.07) is 0.885. The molecule has 1 aliphatic heterocycles. The molecule has 1 heteroatoms. The Balaban J connectivity index is 2.31. The van der Waals surface area contributed by atoms with Crippen molar-refractivity contribution in [2.75, 3.05) is 13.1 Å². The van der Waals surface area contributed by atoms with E-state index < -0.39 is 0 Å². The molecule has 0 bridgehead atoms. The van der Waals surface area contributed by atoms with Crippen molar-refractivity contribution < 1.29 is 0 Å². The second kappa shape index (κ2) is 11.5. The summed E-state index contributed by atoms with van der Waals surface area (Å²) in [5, 5.41) is 0. The van der Waals surface area contributed by atoms with E-state index in [0.717, 1.165) is 17.9 Å². The molecule has 0 radical (unpaired) electrons. The van der Waals surface area contributed by atoms with E-state index in [0.29, 0.717) is 0 Å². The second-order valence-corrected chi connectivity index (χ2v) is 7.61. The predicted octanol–water partition coefficient (Wildman–Crippen LogP) is 6.27. The highest BCUT2D eigenvalue weighted by atomic mass is 15.2. The molecule has 1 heterocycles. The maximum Gasteiger partial charge on any atom is 0.00954 e. The average Bonchev–Trinajstić information content (AvgIpc) is 2.80. The zero-order valence-electron chi connectivity index (χ0n) is 15.4. The number of hydrogen-bond donors (Lipinski definition) is 0. The van der Waals surface area contributed by atoms with Crippen molar-refractivity contribution >= 4 is 0 Å². The molecule has 1 fully saturated rings. The van der Waals surface area contributed by atoms with E-state index in [9.17, 15) is 0 Å². The first-order valence-corrected chi connectivity index (χ1v) is 9.93. The molecule has 0 spiro atoms. The lowest BCUT2D eigenvalue weighted by molar-refractivity contribution is 0.201. The van der Waals surface area contributed by atoms with Crippen LogP contribution in [0.15, 0.2) is 0 Å². The van der Waals surface area contributed by atoms with Gasteiger partial charge in [0.25, 0.3) is 0 Å². The third-order valence-electron chi connectivity index (χ3n) is 5.56. The van der Waals surface area contributed by atoms with Crippen molar-refractivity contribution in [2.24, 2.45) is 11.8 Å². The highest BCUT2D eigenvalue weighted by Crippen LogP contribution is 2.28. The summed E-state index contributed by atoms with van der Waals surface area (Å²) in [6.07, 6.45) is 15.7. The van der Waals surface area contributed by atoms with Gasteiger partial charge in [0.1, 0.15) is 0 Å². The number of unbranched alkanes of at least 4 members (excludes halogenated alkanes) is 7. The van der Waals surface area contributed by atoms with Gasteiger partial charge in [-0.3, -0.25) is 4.90 Å². The van der Waals surface area contributed by atoms with E-state index in [4.69, 9.17) is 0 Å². The topological polar surface area (TPSA) is 3.24 Å². The van der Waals surface area contributed by atoms with Gasteiger partial charge in [-0.05, 0) is 24.7 Å². The molecule has 0 saturated carbocycles. The van der Waals surface area contributed by atoms with Crippen LogP contribution in [0.25, 0.3) is 0 Å². The summed E-state index contributed by atoms with van der Waals surface area (Å²) in [5.74, 6) is 1.81. The maximum absolute atomic E-state index is 2.83. The lowest BCUT2D eigenvalue weighted by Gasteiger charge is -2.28. The molecule has 1 aliphatic rings. The Morgan fingerprint density at radius 1 is 0.714 bits per heavy atom. The first kappa shape index (κ1) is 19.0. The van der Waals surface area contributed by atoms with Crippen molar-refractivity contribution in [1.29, 1.82) is 0 Å². The van der Waals surface area contributed by atoms with Crippen LogP contribution in [-0.4, -0.2) is 24.0 Å². The van der Waals surface area contributed by atoms with Crippen LogP contribution in [0.1, 0.15) is 98.3 Å². The molecular weight excluding hydrogens is 254 g/mol. The molecule has 3 atom stereocenters. The molecule has 126 valence electrons. The fourth-order valence-corrected chi connectivity index (χ4v) is 3.77. The zero-order chi connectivity index (χ0) is 15.5. The standard InChI is InChI=1S/C20H41N/c1-5-7-9-11-13-15-20(14-12-10-8-6-2)21-16-18(3)19(4)17-21/h18-20H,5-17H2,1-4H3. The van der Waals surface area contributed by atoms with Gasteiger partial charge in [0.15, 0.2) is 0 Å². The summed E-state index contributed by atoms with van der Waals surface area (Å²) < 4.78 is 0. The Hall–Kier alpha value is -0.0400. The van der Waals surface area contributed by atoms with Crippen LogP contribution in [-0.2, 0) is 0 Å². The van der Waals surface area contributed by atoms with E-state index in [-0.39, 0.29) is 0 Å². The summed E-state index contributed by atoms with van der Waals surface area (Å²) in [6.45, 7) is 12.2. The van der Waals surface area contributed by atoms with Gasteiger partial charge in [-0.1, -0.05) is 85.5 Å². The summed E-state index contributed by atoms with van der Waals surface area (Å²) in [5.41, 5.74) is 0. The lowest BCUT2D eigenvalue weighted by atomic mass is 9.99. The molecular formula is C20H41N. The van der Waals surface area contributed by atoms with Crippen molar-refractivity contribution in [2.45, 2.75) is 104 Å². The highest BCUT2D eigenvalue weighted by Gasteiger charge is 2.30. The zero-order valence-corrected chi connectivity index (χ0v) is 15.4. The van der Waals surface area contributed by atoms with Gasteiger partial charge in [-0.25, -0.2) is 0 Å². The molecule has 0 aliphatic carbocycles. The van der Waals surface area contributed by atoms with E-state index >= 15 is 0 Å². The largest absolute Gasteiger partial charge is 0.300 e. The normalized spacial score (nSPS) is 24.6. The Morgan fingerprint density at radius 3 is 1.62 bits per heavy atom. The van der Waals surface area contributed by atoms with Crippen molar-refractivity contribution in [3.05, 3.63) is 0 Å². The SMILES string of the molecule is CCCCCCCC(CCCCCC)N1CC(C)C(C)C1. The molecule has 1 nitrogen and oxygen atoms in total. The Kier molecular flexibility index (Phi) is 10.4. The van der Waals surface area contributed by atoms with Crippen LogP contribution in [0.2, 0.25) is 0 Å². The molecule has 0 aromatic carbocycles. The van der Waals surface area contributed by atoms with Gasteiger partial charge < -0.3 is 0 Å². The monoisotopic (exact) mass is 295 g/mol. The minimum atomic E-state index is 0.885. The number of likely N-dealkylation sites (tertiary alicyclic amines) is 1. The number of nitrogens with zero attached hydrogens (tertiary/aromatic N) is 1. The molecule has 1 rings (SSSR count). The third-order valence-corrected chi connectivity index (χ3v) is 5.56. The molecule has 0 aromatic heterocycles. The highest BCUT2D eigenvalue weighted by molar-refractivity contribution is 4.83. The van der Waals surface area contributed by atoms with Crippen LogP contribution in [0.4, 0.5) is 0 Å². The molecule has 1 saturated heterocycles. The van der Waals surface area contributed by atoms with Crippen LogP contribution in [0.5, 0.6) is 0 Å². The molecule has 0 N–H and O–H groups in total. The first-order valence-electron chi connectivity index (χ1n) is 9.93. The Bertz CT molecular complexity index is 228. The van der Waals surface area contributed by atoms with Gasteiger partial charge in [-0.2, -0.15) is 0 Å². The quantitative estimate of drug-likeness (QED) is 0.383. The first-order chi connectivity index (χ1) is 10.2. The van der Waals surface area contributed by atoms with Gasteiger partial charge in [0.05, 0.1) is 0 Å². The van der Waals surface area contributed by atoms with Crippen LogP contribution in [0.3, 0.4) is 0 Å². The fraction of sp³-hybridized carbons (Fsp3) is 1.00. The third kappa shape index (κ3) is 7.68. The van der Waals surface area contributed by atoms with E-state index in [1.807, 2.05) is 0 Å². The van der Waals surface area contributed by atoms with Crippen molar-refractivity contribution in [1.82, 2.24) is 4.90 Å². The number of hydrogen-bond acceptors (Lipinski definition) is 1. The minimum absolute atomic E-state index is 0.885. The number of rotatable bonds is 12. The van der Waals surface area contributed by atoms with Gasteiger partial charge in [-0.15, -0.1) is 0 Å². The van der Waals surface area contributed by atoms with Crippen LogP contribution < -0.4 is 0 Å². The van der Waals surface area contributed by atoms with Crippen LogP contribution in [0, 0.1) is 11.8 Å². The van der Waals surface area contributed by atoms with Crippen molar-refractivity contribution in [3.63, 3.8) is 0 Å². The van der Waals surface area contributed by atoms with Gasteiger partial charge >= 0.3 is 0 Å². The molecule has 21 heavy (non-hydrogen) atoms. The minimum Gasteiger partial charge on any atom is -0.300 e. The predicted molar refractivity (Wildman–Crippen MR) is 95.8 cm³/mol. The smallest absolute Gasteiger partial charge is 0.00954 e. The maximum atomic E-state index is 2.83. The molecule has 0 aromatic rings. The molecule has 3 unspecified atom stereocenters. The second-order valence-electron chi connectivity index (χ2n) is 7.61. The van der Waals surface area contributed by atoms with Crippen molar-refractivity contribution in [3.8, 4) is 0 Å². The summed E-state index contributed by atoms with van der Waals surface area (Å²) in [4.78, 5) is 2.83. The van der Waals surface area contributed by atoms with Gasteiger partial charge in [0, 0.05) is 19.1 Å². The summed E-state index contributed by atoms with van der Waals surface area (Å²) >= 11 is 0. The van der Waals surface area contributed by atoms with Gasteiger partial charge in [0.2, 0.25) is 0 Å². The Labute approximate surface area is 134 Å².